The Morgan fingerprint density at radius 1 is 1.14 bits per heavy atom. The van der Waals surface area contributed by atoms with Crippen LogP contribution in [0, 0.1) is 5.41 Å². The Balaban J connectivity index is 1.47. The lowest BCUT2D eigenvalue weighted by Crippen LogP contribution is -2.43. The molecule has 1 aliphatic rings. The highest BCUT2D eigenvalue weighted by molar-refractivity contribution is 7.09. The number of amides is 1. The number of rotatable bonds is 6. The van der Waals surface area contributed by atoms with Crippen LogP contribution >= 0.6 is 11.3 Å². The third-order valence-corrected chi connectivity index (χ3v) is 5.77. The largest absolute Gasteiger partial charge is 0.481 e. The Morgan fingerprint density at radius 2 is 1.89 bits per heavy atom. The number of aliphatic carboxylic acids is 1. The van der Waals surface area contributed by atoms with Gasteiger partial charge in [0.05, 0.1) is 24.6 Å². The van der Waals surface area contributed by atoms with E-state index >= 15 is 0 Å². The average molecular weight is 394 g/mol. The normalized spacial score (nSPS) is 14.4. The van der Waals surface area contributed by atoms with Gasteiger partial charge in [-0.2, -0.15) is 0 Å². The van der Waals surface area contributed by atoms with Crippen LogP contribution in [0.3, 0.4) is 0 Å². The second kappa shape index (κ2) is 7.47. The minimum absolute atomic E-state index is 0.198. The Labute approximate surface area is 165 Å². The highest BCUT2D eigenvalue weighted by Gasteiger charge is 2.45. The fraction of sp³-hybridized carbons (Fsp3) is 0.250. The molecule has 1 amide bonds. The van der Waals surface area contributed by atoms with Crippen LogP contribution in [-0.2, 0) is 29.0 Å². The lowest BCUT2D eigenvalue weighted by Gasteiger charge is -2.25. The SMILES string of the molecule is O=C(O)CC1(C(=O)NCc2nc(-c3cnccn3)cs2)Cc2ccccc2C1. The molecule has 0 bridgehead atoms. The molecule has 142 valence electrons. The van der Waals surface area contributed by atoms with Crippen LogP contribution in [0.15, 0.2) is 48.2 Å². The number of carbonyl (C=O) groups excluding carboxylic acids is 1. The summed E-state index contributed by atoms with van der Waals surface area (Å²) in [6, 6.07) is 7.74. The van der Waals surface area contributed by atoms with Crippen molar-refractivity contribution in [1.82, 2.24) is 20.3 Å². The molecular weight excluding hydrogens is 376 g/mol. The molecule has 2 aromatic heterocycles. The van der Waals surface area contributed by atoms with Crippen LogP contribution in [0.2, 0.25) is 0 Å². The molecule has 3 aromatic rings. The summed E-state index contributed by atoms with van der Waals surface area (Å²) >= 11 is 1.42. The summed E-state index contributed by atoms with van der Waals surface area (Å²) in [5.41, 5.74) is 2.50. The van der Waals surface area contributed by atoms with Gasteiger partial charge in [0.1, 0.15) is 16.4 Å². The summed E-state index contributed by atoms with van der Waals surface area (Å²) in [5, 5.41) is 14.9. The number of benzene rings is 1. The summed E-state index contributed by atoms with van der Waals surface area (Å²) < 4.78 is 0. The van der Waals surface area contributed by atoms with Crippen LogP contribution in [0.1, 0.15) is 22.6 Å². The number of hydrogen-bond acceptors (Lipinski definition) is 6. The van der Waals surface area contributed by atoms with Crippen molar-refractivity contribution in [1.29, 1.82) is 0 Å². The second-order valence-corrected chi connectivity index (χ2v) is 7.82. The van der Waals surface area contributed by atoms with E-state index in [1.54, 1.807) is 18.6 Å². The van der Waals surface area contributed by atoms with E-state index in [4.69, 9.17) is 0 Å². The van der Waals surface area contributed by atoms with E-state index in [9.17, 15) is 14.7 Å². The number of aromatic nitrogens is 3. The molecule has 2 N–H and O–H groups in total. The summed E-state index contributed by atoms with van der Waals surface area (Å²) in [6.07, 6.45) is 5.50. The third-order valence-electron chi connectivity index (χ3n) is 4.92. The molecule has 0 aliphatic heterocycles. The van der Waals surface area contributed by atoms with E-state index in [-0.39, 0.29) is 18.9 Å². The Bertz CT molecular complexity index is 994. The maximum absolute atomic E-state index is 13.0. The predicted octanol–water partition coefficient (Wildman–Crippen LogP) is 2.48. The first-order valence-corrected chi connectivity index (χ1v) is 9.71. The molecule has 0 saturated carbocycles. The lowest BCUT2D eigenvalue weighted by molar-refractivity contribution is -0.145. The number of thiazole rings is 1. The van der Waals surface area contributed by atoms with Gasteiger partial charge in [-0.15, -0.1) is 11.3 Å². The van der Waals surface area contributed by atoms with Gasteiger partial charge in [-0.05, 0) is 24.0 Å². The van der Waals surface area contributed by atoms with Crippen molar-refractivity contribution in [2.75, 3.05) is 0 Å². The van der Waals surface area contributed by atoms with Crippen LogP contribution in [0.5, 0.6) is 0 Å². The molecule has 28 heavy (non-hydrogen) atoms. The molecule has 2 heterocycles. The zero-order chi connectivity index (χ0) is 19.6. The molecule has 0 atom stereocenters. The molecule has 1 aromatic carbocycles. The summed E-state index contributed by atoms with van der Waals surface area (Å²) in [6.45, 7) is 0.251. The Kier molecular flexibility index (Phi) is 4.87. The fourth-order valence-electron chi connectivity index (χ4n) is 3.63. The van der Waals surface area contributed by atoms with E-state index < -0.39 is 11.4 Å². The standard InChI is InChI=1S/C20H18N4O3S/c25-18(26)9-20(7-13-3-1-2-4-14(13)8-20)19(27)23-11-17-24-16(12-28-17)15-10-21-5-6-22-15/h1-6,10,12H,7-9,11H2,(H,23,27)(H,25,26). The van der Waals surface area contributed by atoms with Gasteiger partial charge in [0.2, 0.25) is 5.91 Å². The van der Waals surface area contributed by atoms with Gasteiger partial charge in [0.25, 0.3) is 0 Å². The number of carbonyl (C=O) groups is 2. The van der Waals surface area contributed by atoms with E-state index in [2.05, 4.69) is 20.3 Å². The number of nitrogens with one attached hydrogen (secondary N) is 1. The zero-order valence-corrected chi connectivity index (χ0v) is 15.8. The fourth-order valence-corrected chi connectivity index (χ4v) is 4.36. The van der Waals surface area contributed by atoms with Crippen molar-refractivity contribution in [3.8, 4) is 11.4 Å². The second-order valence-electron chi connectivity index (χ2n) is 6.87. The Morgan fingerprint density at radius 3 is 2.54 bits per heavy atom. The first kappa shape index (κ1) is 18.2. The van der Waals surface area contributed by atoms with Gasteiger partial charge < -0.3 is 10.4 Å². The van der Waals surface area contributed by atoms with Crippen molar-refractivity contribution >= 4 is 23.2 Å². The van der Waals surface area contributed by atoms with Crippen LogP contribution in [-0.4, -0.2) is 31.9 Å². The van der Waals surface area contributed by atoms with Crippen LogP contribution < -0.4 is 5.32 Å². The Hall–Kier alpha value is -3.13. The number of hydrogen-bond donors (Lipinski definition) is 2. The highest BCUT2D eigenvalue weighted by Crippen LogP contribution is 2.40. The van der Waals surface area contributed by atoms with Crippen molar-refractivity contribution in [2.45, 2.75) is 25.8 Å². The summed E-state index contributed by atoms with van der Waals surface area (Å²) in [5.74, 6) is -1.22. The van der Waals surface area contributed by atoms with E-state index in [1.165, 1.54) is 11.3 Å². The van der Waals surface area contributed by atoms with Gasteiger partial charge in [-0.1, -0.05) is 24.3 Å². The van der Waals surface area contributed by atoms with E-state index in [0.717, 1.165) is 16.1 Å². The number of nitrogens with zero attached hydrogens (tertiary/aromatic N) is 3. The van der Waals surface area contributed by atoms with Gasteiger partial charge >= 0.3 is 5.97 Å². The van der Waals surface area contributed by atoms with E-state index in [0.29, 0.717) is 24.2 Å². The quantitative estimate of drug-likeness (QED) is 0.665. The summed E-state index contributed by atoms with van der Waals surface area (Å²) in [4.78, 5) is 37.2. The summed E-state index contributed by atoms with van der Waals surface area (Å²) in [7, 11) is 0. The molecule has 0 unspecified atom stereocenters. The monoisotopic (exact) mass is 394 g/mol. The third kappa shape index (κ3) is 3.63. The highest BCUT2D eigenvalue weighted by atomic mass is 32.1. The molecule has 0 saturated heterocycles. The molecule has 4 rings (SSSR count). The molecule has 0 radical (unpaired) electrons. The van der Waals surface area contributed by atoms with Crippen LogP contribution in [0.4, 0.5) is 0 Å². The smallest absolute Gasteiger partial charge is 0.304 e. The minimum atomic E-state index is -0.970. The number of carboxylic acid groups (broad SMARTS) is 1. The number of fused-ring (bicyclic) bond motifs is 1. The molecule has 0 fully saturated rings. The average Bonchev–Trinajstić information content (AvgIpc) is 3.31. The molecule has 7 nitrogen and oxygen atoms in total. The first-order valence-electron chi connectivity index (χ1n) is 8.83. The lowest BCUT2D eigenvalue weighted by atomic mass is 9.80. The van der Waals surface area contributed by atoms with Gasteiger partial charge in [0.15, 0.2) is 0 Å². The molecule has 0 spiro atoms. The predicted molar refractivity (Wildman–Crippen MR) is 104 cm³/mol. The first-order chi connectivity index (χ1) is 13.6. The zero-order valence-electron chi connectivity index (χ0n) is 15.0. The topological polar surface area (TPSA) is 105 Å². The molecule has 8 heteroatoms. The van der Waals surface area contributed by atoms with E-state index in [1.807, 2.05) is 29.6 Å². The minimum Gasteiger partial charge on any atom is -0.481 e. The van der Waals surface area contributed by atoms with Gasteiger partial charge in [0, 0.05) is 17.8 Å². The van der Waals surface area contributed by atoms with Gasteiger partial charge in [-0.25, -0.2) is 4.98 Å². The van der Waals surface area contributed by atoms with Crippen molar-refractivity contribution < 1.29 is 14.7 Å². The maximum atomic E-state index is 13.0. The molecule has 1 aliphatic carbocycles. The molecular formula is C20H18N4O3S. The van der Waals surface area contributed by atoms with Gasteiger partial charge in [-0.3, -0.25) is 19.6 Å². The maximum Gasteiger partial charge on any atom is 0.304 e. The van der Waals surface area contributed by atoms with Crippen LogP contribution in [0.25, 0.3) is 11.4 Å². The van der Waals surface area contributed by atoms with Crippen molar-refractivity contribution in [2.24, 2.45) is 5.41 Å². The number of carboxylic acids is 1. The van der Waals surface area contributed by atoms with Crippen molar-refractivity contribution in [3.63, 3.8) is 0 Å². The van der Waals surface area contributed by atoms with Crippen molar-refractivity contribution in [3.05, 3.63) is 64.4 Å².